The van der Waals surface area contributed by atoms with Gasteiger partial charge in [0.25, 0.3) is 5.69 Å². The molecule has 0 atom stereocenters. The molecule has 1 N–H and O–H groups in total. The summed E-state index contributed by atoms with van der Waals surface area (Å²) in [6.45, 7) is 5.91. The molecule has 1 aromatic carbocycles. The van der Waals surface area contributed by atoms with E-state index in [9.17, 15) is 14.9 Å². The molecular weight excluding hydrogens is 220 g/mol. The second-order valence-corrected chi connectivity index (χ2v) is 3.10. The van der Waals surface area contributed by atoms with Gasteiger partial charge in [-0.3, -0.25) is 14.9 Å². The highest BCUT2D eigenvalue weighted by Crippen LogP contribution is 2.15. The molecule has 0 heterocycles. The van der Waals surface area contributed by atoms with Crippen LogP contribution in [0.4, 0.5) is 11.4 Å². The molecule has 0 aliphatic rings. The van der Waals surface area contributed by atoms with Crippen LogP contribution in [0, 0.1) is 10.1 Å². The largest absolute Gasteiger partial charge is 0.326 e. The third-order valence-corrected chi connectivity index (χ3v) is 1.84. The van der Waals surface area contributed by atoms with Gasteiger partial charge in [-0.15, -0.1) is 0 Å². The Hall–Kier alpha value is -1.91. The minimum Gasteiger partial charge on any atom is -0.326 e. The summed E-state index contributed by atoms with van der Waals surface area (Å²) in [6.07, 6.45) is 1.23. The SMILES string of the molecule is CC.CCCC(=O)Nc1ccc([N+](=O)[O-])cc1. The van der Waals surface area contributed by atoms with Crippen LogP contribution in [0.25, 0.3) is 0 Å². The fourth-order valence-corrected chi connectivity index (χ4v) is 1.12. The van der Waals surface area contributed by atoms with Gasteiger partial charge < -0.3 is 5.32 Å². The molecule has 0 spiro atoms. The van der Waals surface area contributed by atoms with Gasteiger partial charge in [-0.1, -0.05) is 20.8 Å². The number of nitrogens with one attached hydrogen (secondary N) is 1. The van der Waals surface area contributed by atoms with Crippen LogP contribution in [0.2, 0.25) is 0 Å². The van der Waals surface area contributed by atoms with Crippen LogP contribution in [0.1, 0.15) is 33.6 Å². The number of nitro groups is 1. The van der Waals surface area contributed by atoms with E-state index in [1.165, 1.54) is 24.3 Å². The molecule has 94 valence electrons. The van der Waals surface area contributed by atoms with Crippen LogP contribution in [0.3, 0.4) is 0 Å². The molecule has 5 heteroatoms. The van der Waals surface area contributed by atoms with Gasteiger partial charge in [0.1, 0.15) is 0 Å². The molecule has 0 fully saturated rings. The van der Waals surface area contributed by atoms with Gasteiger partial charge in [0.05, 0.1) is 4.92 Å². The average Bonchev–Trinajstić information content (AvgIpc) is 2.32. The van der Waals surface area contributed by atoms with Crippen molar-refractivity contribution in [1.29, 1.82) is 0 Å². The van der Waals surface area contributed by atoms with Gasteiger partial charge in [-0.05, 0) is 18.6 Å². The number of nitro benzene ring substituents is 1. The topological polar surface area (TPSA) is 72.2 Å². The Morgan fingerprint density at radius 2 is 1.82 bits per heavy atom. The molecule has 0 saturated heterocycles. The summed E-state index contributed by atoms with van der Waals surface area (Å²) in [6, 6.07) is 5.76. The predicted octanol–water partition coefficient (Wildman–Crippen LogP) is 3.36. The number of carbonyl (C=O) groups excluding carboxylic acids is 1. The normalized spacial score (nSPS) is 8.88. The molecule has 0 unspecified atom stereocenters. The number of anilines is 1. The molecule has 0 saturated carbocycles. The fraction of sp³-hybridized carbons (Fsp3) is 0.417. The molecule has 17 heavy (non-hydrogen) atoms. The molecular formula is C12H18N2O3. The van der Waals surface area contributed by atoms with Crippen LogP contribution in [0.15, 0.2) is 24.3 Å². The van der Waals surface area contributed by atoms with Crippen LogP contribution in [0.5, 0.6) is 0 Å². The van der Waals surface area contributed by atoms with Crippen LogP contribution in [-0.4, -0.2) is 10.8 Å². The zero-order chi connectivity index (χ0) is 13.3. The van der Waals surface area contributed by atoms with Gasteiger partial charge in [0.2, 0.25) is 5.91 Å². The Bertz CT molecular complexity index is 361. The lowest BCUT2D eigenvalue weighted by atomic mass is 10.2. The molecule has 0 aromatic heterocycles. The Morgan fingerprint density at radius 1 is 1.29 bits per heavy atom. The summed E-state index contributed by atoms with van der Waals surface area (Å²) in [7, 11) is 0. The number of non-ortho nitro benzene ring substituents is 1. The molecule has 0 aliphatic heterocycles. The van der Waals surface area contributed by atoms with E-state index in [1.54, 1.807) is 0 Å². The number of amides is 1. The highest BCUT2D eigenvalue weighted by molar-refractivity contribution is 5.90. The van der Waals surface area contributed by atoms with Gasteiger partial charge in [0, 0.05) is 24.2 Å². The maximum atomic E-state index is 11.2. The first-order valence-corrected chi connectivity index (χ1v) is 5.67. The number of hydrogen-bond donors (Lipinski definition) is 1. The maximum Gasteiger partial charge on any atom is 0.269 e. The number of benzene rings is 1. The summed E-state index contributed by atoms with van der Waals surface area (Å²) in [4.78, 5) is 21.1. The van der Waals surface area contributed by atoms with E-state index < -0.39 is 4.92 Å². The Balaban J connectivity index is 0.00000121. The quantitative estimate of drug-likeness (QED) is 0.645. The second kappa shape index (κ2) is 8.27. The minimum absolute atomic E-state index is 0.0171. The Labute approximate surface area is 101 Å². The fourth-order valence-electron chi connectivity index (χ4n) is 1.12. The lowest BCUT2D eigenvalue weighted by Gasteiger charge is -2.02. The average molecular weight is 238 g/mol. The molecule has 0 aliphatic carbocycles. The van der Waals surface area contributed by atoms with Crippen molar-refractivity contribution in [3.8, 4) is 0 Å². The van der Waals surface area contributed by atoms with Gasteiger partial charge in [-0.25, -0.2) is 0 Å². The first-order valence-electron chi connectivity index (χ1n) is 5.67. The minimum atomic E-state index is -0.475. The molecule has 1 rings (SSSR count). The Morgan fingerprint density at radius 3 is 2.24 bits per heavy atom. The van der Waals surface area contributed by atoms with E-state index >= 15 is 0 Å². The van der Waals surface area contributed by atoms with E-state index in [4.69, 9.17) is 0 Å². The predicted molar refractivity (Wildman–Crippen MR) is 68.0 cm³/mol. The van der Waals surface area contributed by atoms with Crippen LogP contribution < -0.4 is 5.32 Å². The lowest BCUT2D eigenvalue weighted by molar-refractivity contribution is -0.384. The molecule has 0 bridgehead atoms. The summed E-state index contributed by atoms with van der Waals surface area (Å²) >= 11 is 0. The summed E-state index contributed by atoms with van der Waals surface area (Å²) < 4.78 is 0. The monoisotopic (exact) mass is 238 g/mol. The second-order valence-electron chi connectivity index (χ2n) is 3.10. The maximum absolute atomic E-state index is 11.2. The van der Waals surface area contributed by atoms with E-state index in [0.29, 0.717) is 12.1 Å². The van der Waals surface area contributed by atoms with Crippen molar-refractivity contribution in [2.75, 3.05) is 5.32 Å². The summed E-state index contributed by atoms with van der Waals surface area (Å²) in [5.74, 6) is -0.0775. The highest BCUT2D eigenvalue weighted by Gasteiger charge is 2.05. The number of carbonyl (C=O) groups is 1. The van der Waals surface area contributed by atoms with Crippen molar-refractivity contribution in [3.05, 3.63) is 34.4 Å². The zero-order valence-electron chi connectivity index (χ0n) is 10.4. The molecule has 1 aromatic rings. The van der Waals surface area contributed by atoms with Crippen LogP contribution in [-0.2, 0) is 4.79 Å². The molecule has 0 radical (unpaired) electrons. The van der Waals surface area contributed by atoms with Gasteiger partial charge in [-0.2, -0.15) is 0 Å². The summed E-state index contributed by atoms with van der Waals surface area (Å²) in [5.41, 5.74) is 0.600. The van der Waals surface area contributed by atoms with Gasteiger partial charge in [0.15, 0.2) is 0 Å². The number of nitrogens with zero attached hydrogens (tertiary/aromatic N) is 1. The lowest BCUT2D eigenvalue weighted by Crippen LogP contribution is -2.10. The first-order chi connectivity index (χ1) is 8.13. The molecule has 1 amide bonds. The molecule has 5 nitrogen and oxygen atoms in total. The van der Waals surface area contributed by atoms with Gasteiger partial charge >= 0.3 is 0 Å². The van der Waals surface area contributed by atoms with Crippen molar-refractivity contribution >= 4 is 17.3 Å². The van der Waals surface area contributed by atoms with Crippen LogP contribution >= 0.6 is 0 Å². The first kappa shape index (κ1) is 15.1. The van der Waals surface area contributed by atoms with Crippen molar-refractivity contribution in [2.45, 2.75) is 33.6 Å². The van der Waals surface area contributed by atoms with Crippen molar-refractivity contribution in [3.63, 3.8) is 0 Å². The third kappa shape index (κ3) is 5.65. The Kier molecular flexibility index (Phi) is 7.34. The van der Waals surface area contributed by atoms with E-state index in [2.05, 4.69) is 5.32 Å². The van der Waals surface area contributed by atoms with E-state index in [0.717, 1.165) is 6.42 Å². The van der Waals surface area contributed by atoms with E-state index in [1.807, 2.05) is 20.8 Å². The summed E-state index contributed by atoms with van der Waals surface area (Å²) in [5, 5.41) is 13.0. The smallest absolute Gasteiger partial charge is 0.269 e. The zero-order valence-corrected chi connectivity index (χ0v) is 10.4. The van der Waals surface area contributed by atoms with Crippen molar-refractivity contribution in [1.82, 2.24) is 0 Å². The van der Waals surface area contributed by atoms with Crippen molar-refractivity contribution < 1.29 is 9.72 Å². The third-order valence-electron chi connectivity index (χ3n) is 1.84. The standard InChI is InChI=1S/C10H12N2O3.C2H6/c1-2-3-10(13)11-8-4-6-9(7-5-8)12(14)15;1-2/h4-7H,2-3H2,1H3,(H,11,13);1-2H3. The number of rotatable bonds is 4. The van der Waals surface area contributed by atoms with E-state index in [-0.39, 0.29) is 11.6 Å². The highest BCUT2D eigenvalue weighted by atomic mass is 16.6. The number of hydrogen-bond acceptors (Lipinski definition) is 3. The van der Waals surface area contributed by atoms with Crippen molar-refractivity contribution in [2.24, 2.45) is 0 Å².